The maximum absolute atomic E-state index is 12.2. The molecule has 0 fully saturated rings. The first kappa shape index (κ1) is 17.3. The van der Waals surface area contributed by atoms with Crippen LogP contribution in [0.4, 0.5) is 16.2 Å². The van der Waals surface area contributed by atoms with Gasteiger partial charge in [-0.15, -0.1) is 0 Å². The highest BCUT2D eigenvalue weighted by atomic mass is 16.4. The molecule has 0 radical (unpaired) electrons. The van der Waals surface area contributed by atoms with Crippen LogP contribution in [0.5, 0.6) is 0 Å². The van der Waals surface area contributed by atoms with Crippen LogP contribution in [0.15, 0.2) is 72.8 Å². The summed E-state index contributed by atoms with van der Waals surface area (Å²) in [6.07, 6.45) is 0. The molecule has 0 bridgehead atoms. The molecule has 0 aliphatic rings. The topological polar surface area (TPSA) is 107 Å². The minimum absolute atomic E-state index is 0.187. The highest BCUT2D eigenvalue weighted by Gasteiger charge is 2.12. The maximum atomic E-state index is 12.2. The Morgan fingerprint density at radius 1 is 0.857 bits per heavy atom. The molecule has 0 saturated carbocycles. The quantitative estimate of drug-likeness (QED) is 0.421. The molecule has 4 N–H and O–H groups in total. The predicted molar refractivity (Wildman–Crippen MR) is 108 cm³/mol. The normalized spacial score (nSPS) is 10.6. The zero-order chi connectivity index (χ0) is 19.5. The minimum Gasteiger partial charge on any atom is -0.478 e. The Morgan fingerprint density at radius 2 is 1.61 bits per heavy atom. The zero-order valence-electron chi connectivity index (χ0n) is 14.6. The fourth-order valence-corrected chi connectivity index (χ4v) is 2.93. The number of para-hydroxylation sites is 1. The van der Waals surface area contributed by atoms with Crippen molar-refractivity contribution in [1.29, 1.82) is 0 Å². The van der Waals surface area contributed by atoms with Gasteiger partial charge in [0.1, 0.15) is 0 Å². The number of nitrogens with zero attached hydrogens (tertiary/aromatic N) is 1. The van der Waals surface area contributed by atoms with E-state index in [2.05, 4.69) is 20.8 Å². The number of carboxylic acids is 1. The summed E-state index contributed by atoms with van der Waals surface area (Å²) in [5.74, 6) is -0.998. The Morgan fingerprint density at radius 3 is 2.39 bits per heavy atom. The third-order valence-electron chi connectivity index (χ3n) is 4.24. The first-order chi connectivity index (χ1) is 13.6. The van der Waals surface area contributed by atoms with E-state index in [4.69, 9.17) is 0 Å². The number of aromatic nitrogens is 2. The average Bonchev–Trinajstić information content (AvgIpc) is 3.12. The molecule has 7 heteroatoms. The lowest BCUT2D eigenvalue weighted by molar-refractivity contribution is 0.0697. The molecule has 4 rings (SSSR count). The number of benzene rings is 3. The molecule has 0 aliphatic heterocycles. The lowest BCUT2D eigenvalue weighted by Gasteiger charge is -2.08. The van der Waals surface area contributed by atoms with Gasteiger partial charge in [0.2, 0.25) is 0 Å². The predicted octanol–water partition coefficient (Wildman–Crippen LogP) is 4.57. The van der Waals surface area contributed by atoms with Crippen molar-refractivity contribution in [2.45, 2.75) is 0 Å². The summed E-state index contributed by atoms with van der Waals surface area (Å²) >= 11 is 0. The number of anilines is 2. The van der Waals surface area contributed by atoms with E-state index in [1.54, 1.807) is 42.5 Å². The lowest BCUT2D eigenvalue weighted by Crippen LogP contribution is -2.19. The number of urea groups is 1. The van der Waals surface area contributed by atoms with Crippen molar-refractivity contribution in [3.63, 3.8) is 0 Å². The van der Waals surface area contributed by atoms with Gasteiger partial charge >= 0.3 is 12.0 Å². The van der Waals surface area contributed by atoms with Gasteiger partial charge in [-0.05, 0) is 42.5 Å². The third kappa shape index (κ3) is 3.54. The number of rotatable bonds is 4. The minimum atomic E-state index is -0.998. The second kappa shape index (κ2) is 7.24. The number of amides is 2. The lowest BCUT2D eigenvalue weighted by atomic mass is 10.1. The van der Waals surface area contributed by atoms with Crippen molar-refractivity contribution in [2.75, 3.05) is 10.6 Å². The molecular formula is C21H16N4O3. The molecular weight excluding hydrogens is 356 g/mol. The summed E-state index contributed by atoms with van der Waals surface area (Å²) < 4.78 is 0. The SMILES string of the molecule is O=C(Nc1ccccc1)Nc1cccc(-c2n[nH]c3ccc(C(=O)O)cc23)c1. The van der Waals surface area contributed by atoms with Crippen LogP contribution < -0.4 is 10.6 Å². The van der Waals surface area contributed by atoms with E-state index in [1.165, 1.54) is 6.07 Å². The molecule has 7 nitrogen and oxygen atoms in total. The van der Waals surface area contributed by atoms with Crippen molar-refractivity contribution in [2.24, 2.45) is 0 Å². The highest BCUT2D eigenvalue weighted by molar-refractivity contribution is 6.01. The van der Waals surface area contributed by atoms with Gasteiger partial charge in [0.05, 0.1) is 16.8 Å². The smallest absolute Gasteiger partial charge is 0.335 e. The van der Waals surface area contributed by atoms with Crippen LogP contribution in [0.3, 0.4) is 0 Å². The largest absolute Gasteiger partial charge is 0.478 e. The molecule has 138 valence electrons. The summed E-state index contributed by atoms with van der Waals surface area (Å²) in [4.78, 5) is 23.5. The van der Waals surface area contributed by atoms with Crippen LogP contribution in [0.1, 0.15) is 10.4 Å². The molecule has 1 heterocycles. The standard InChI is InChI=1S/C21H16N4O3/c26-20(27)14-9-10-18-17(12-14)19(25-24-18)13-5-4-8-16(11-13)23-21(28)22-15-6-2-1-3-7-15/h1-12H,(H,24,25)(H,26,27)(H2,22,23,28). The fraction of sp³-hybridized carbons (Fsp3) is 0. The Balaban J connectivity index is 1.60. The van der Waals surface area contributed by atoms with Crippen molar-refractivity contribution in [3.05, 3.63) is 78.4 Å². The molecule has 3 aromatic carbocycles. The van der Waals surface area contributed by atoms with E-state index in [1.807, 2.05) is 24.3 Å². The van der Waals surface area contributed by atoms with Crippen LogP contribution in [0.2, 0.25) is 0 Å². The van der Waals surface area contributed by atoms with Crippen LogP contribution in [0.25, 0.3) is 22.2 Å². The number of fused-ring (bicyclic) bond motifs is 1. The first-order valence-corrected chi connectivity index (χ1v) is 8.55. The Bertz CT molecular complexity index is 1170. The van der Waals surface area contributed by atoms with Gasteiger partial charge in [0, 0.05) is 22.3 Å². The van der Waals surface area contributed by atoms with E-state index in [0.29, 0.717) is 22.5 Å². The van der Waals surface area contributed by atoms with Gasteiger partial charge in [0.25, 0.3) is 0 Å². The van der Waals surface area contributed by atoms with E-state index >= 15 is 0 Å². The molecule has 0 unspecified atom stereocenters. The second-order valence-electron chi connectivity index (χ2n) is 6.16. The molecule has 0 saturated heterocycles. The monoisotopic (exact) mass is 372 g/mol. The number of aromatic carboxylic acids is 1. The molecule has 0 atom stereocenters. The fourth-order valence-electron chi connectivity index (χ4n) is 2.93. The van der Waals surface area contributed by atoms with E-state index in [9.17, 15) is 14.7 Å². The molecule has 0 spiro atoms. The summed E-state index contributed by atoms with van der Waals surface area (Å²) in [5, 5.41) is 22.7. The Kier molecular flexibility index (Phi) is 4.47. The van der Waals surface area contributed by atoms with Gasteiger partial charge in [0.15, 0.2) is 0 Å². The van der Waals surface area contributed by atoms with Crippen molar-refractivity contribution in [1.82, 2.24) is 10.2 Å². The Labute approximate surface area is 160 Å². The second-order valence-corrected chi connectivity index (χ2v) is 6.16. The zero-order valence-corrected chi connectivity index (χ0v) is 14.6. The maximum Gasteiger partial charge on any atom is 0.335 e. The van der Waals surface area contributed by atoms with Gasteiger partial charge < -0.3 is 15.7 Å². The van der Waals surface area contributed by atoms with Crippen LogP contribution in [-0.4, -0.2) is 27.3 Å². The number of carbonyl (C=O) groups excluding carboxylic acids is 1. The van der Waals surface area contributed by atoms with Crippen LogP contribution in [-0.2, 0) is 0 Å². The van der Waals surface area contributed by atoms with Gasteiger partial charge in [-0.2, -0.15) is 5.10 Å². The number of carboxylic acid groups (broad SMARTS) is 1. The van der Waals surface area contributed by atoms with Crippen molar-refractivity contribution >= 4 is 34.3 Å². The van der Waals surface area contributed by atoms with E-state index in [0.717, 1.165) is 11.1 Å². The van der Waals surface area contributed by atoms with E-state index in [-0.39, 0.29) is 11.6 Å². The summed E-state index contributed by atoms with van der Waals surface area (Å²) in [7, 11) is 0. The van der Waals surface area contributed by atoms with Gasteiger partial charge in [-0.25, -0.2) is 9.59 Å². The van der Waals surface area contributed by atoms with Crippen molar-refractivity contribution in [3.8, 4) is 11.3 Å². The molecule has 28 heavy (non-hydrogen) atoms. The van der Waals surface area contributed by atoms with Gasteiger partial charge in [-0.3, -0.25) is 5.10 Å². The van der Waals surface area contributed by atoms with Crippen molar-refractivity contribution < 1.29 is 14.7 Å². The molecule has 2 amide bonds. The van der Waals surface area contributed by atoms with Gasteiger partial charge in [-0.1, -0.05) is 30.3 Å². The Hall–Kier alpha value is -4.13. The summed E-state index contributed by atoms with van der Waals surface area (Å²) in [6, 6.07) is 20.8. The summed E-state index contributed by atoms with van der Waals surface area (Å²) in [6.45, 7) is 0. The summed E-state index contributed by atoms with van der Waals surface area (Å²) in [5.41, 5.74) is 3.58. The number of hydrogen-bond donors (Lipinski definition) is 4. The number of carbonyl (C=O) groups is 2. The molecule has 1 aromatic heterocycles. The number of hydrogen-bond acceptors (Lipinski definition) is 3. The average molecular weight is 372 g/mol. The van der Waals surface area contributed by atoms with Crippen LogP contribution >= 0.6 is 0 Å². The number of aromatic amines is 1. The van der Waals surface area contributed by atoms with E-state index < -0.39 is 5.97 Å². The first-order valence-electron chi connectivity index (χ1n) is 8.55. The number of H-pyrrole nitrogens is 1. The highest BCUT2D eigenvalue weighted by Crippen LogP contribution is 2.29. The molecule has 4 aromatic rings. The van der Waals surface area contributed by atoms with Crippen LogP contribution in [0, 0.1) is 0 Å². The number of nitrogens with one attached hydrogen (secondary N) is 3. The molecule has 0 aliphatic carbocycles. The third-order valence-corrected chi connectivity index (χ3v) is 4.24.